The summed E-state index contributed by atoms with van der Waals surface area (Å²) in [6.45, 7) is 3.05. The Labute approximate surface area is 128 Å². The van der Waals surface area contributed by atoms with Crippen LogP contribution in [0.15, 0.2) is 0 Å². The second kappa shape index (κ2) is 9.01. The van der Waals surface area contributed by atoms with Gasteiger partial charge in [-0.05, 0) is 38.5 Å². The molecule has 22 heavy (non-hydrogen) atoms. The molecule has 2 saturated heterocycles. The van der Waals surface area contributed by atoms with Crippen LogP contribution in [0.1, 0.15) is 38.5 Å². The predicted molar refractivity (Wildman–Crippen MR) is 76.1 cm³/mol. The average Bonchev–Trinajstić information content (AvgIpc) is 2.56. The van der Waals surface area contributed by atoms with E-state index in [0.717, 1.165) is 64.7 Å². The van der Waals surface area contributed by atoms with Crippen LogP contribution in [0.2, 0.25) is 0 Å². The van der Waals surface area contributed by atoms with Crippen molar-refractivity contribution < 1.29 is 29.4 Å². The van der Waals surface area contributed by atoms with Crippen molar-refractivity contribution in [1.82, 2.24) is 9.80 Å². The number of hydrogen-bond donors (Lipinski definition) is 2. The van der Waals surface area contributed by atoms with Crippen LogP contribution in [0.5, 0.6) is 0 Å². The van der Waals surface area contributed by atoms with E-state index in [2.05, 4.69) is 0 Å². The highest BCUT2D eigenvalue weighted by molar-refractivity contribution is 6.34. The zero-order chi connectivity index (χ0) is 16.5. The van der Waals surface area contributed by atoms with Crippen LogP contribution in [0.25, 0.3) is 0 Å². The normalized spacial score (nSPS) is 19.6. The lowest BCUT2D eigenvalue weighted by Crippen LogP contribution is -2.45. The Morgan fingerprint density at radius 3 is 1.14 bits per heavy atom. The number of amides is 2. The van der Waals surface area contributed by atoms with Crippen LogP contribution in [-0.2, 0) is 19.2 Å². The fraction of sp³-hybridized carbons (Fsp3) is 0.714. The number of carbonyl (C=O) groups is 4. The van der Waals surface area contributed by atoms with E-state index >= 15 is 0 Å². The summed E-state index contributed by atoms with van der Waals surface area (Å²) in [5, 5.41) is 14.8. The second-order valence-corrected chi connectivity index (χ2v) is 5.32. The fourth-order valence-corrected chi connectivity index (χ4v) is 2.46. The number of aliphatic carboxylic acids is 2. The van der Waals surface area contributed by atoms with Gasteiger partial charge in [-0.1, -0.05) is 0 Å². The Bertz CT molecular complexity index is 385. The molecular formula is C14H22N2O6. The Morgan fingerprint density at radius 1 is 0.636 bits per heavy atom. The van der Waals surface area contributed by atoms with Gasteiger partial charge in [0.25, 0.3) is 0 Å². The van der Waals surface area contributed by atoms with Crippen LogP contribution < -0.4 is 0 Å². The van der Waals surface area contributed by atoms with Crippen molar-refractivity contribution in [2.24, 2.45) is 0 Å². The molecule has 2 amide bonds. The smallest absolute Gasteiger partial charge is 0.414 e. The van der Waals surface area contributed by atoms with Crippen molar-refractivity contribution >= 4 is 23.8 Å². The summed E-state index contributed by atoms with van der Waals surface area (Å²) in [6, 6.07) is 0. The third-order valence-corrected chi connectivity index (χ3v) is 3.65. The average molecular weight is 314 g/mol. The highest BCUT2D eigenvalue weighted by atomic mass is 16.4. The molecule has 0 saturated carbocycles. The van der Waals surface area contributed by atoms with Gasteiger partial charge in [-0.2, -0.15) is 0 Å². The lowest BCUT2D eigenvalue weighted by molar-refractivity contribution is -0.159. The van der Waals surface area contributed by atoms with Crippen LogP contribution in [0.4, 0.5) is 0 Å². The summed E-state index contributed by atoms with van der Waals surface area (Å²) in [5.41, 5.74) is 0. The molecule has 8 nitrogen and oxygen atoms in total. The molecule has 0 spiro atoms. The standard InChI is InChI=1S/C12H20N2O2.C2H2O4/c15-11-12(16)14-8-4-1-3-7-13(11)9-5-2-6-10-14;3-1(4)2(5)6/h1-10H2;(H,3,4)(H,5,6). The number of fused-ring (bicyclic) bond motifs is 3. The van der Waals surface area contributed by atoms with Gasteiger partial charge in [0, 0.05) is 26.2 Å². The number of carboxylic acids is 2. The third-order valence-electron chi connectivity index (χ3n) is 3.65. The van der Waals surface area contributed by atoms with Gasteiger partial charge in [0.15, 0.2) is 0 Å². The zero-order valence-electron chi connectivity index (χ0n) is 12.5. The van der Waals surface area contributed by atoms with Gasteiger partial charge in [0.2, 0.25) is 0 Å². The predicted octanol–water partition coefficient (Wildman–Crippen LogP) is 0.167. The molecule has 0 aliphatic carbocycles. The lowest BCUT2D eigenvalue weighted by Gasteiger charge is -2.23. The Kier molecular flexibility index (Phi) is 7.34. The van der Waals surface area contributed by atoms with Crippen LogP contribution in [-0.4, -0.2) is 69.9 Å². The van der Waals surface area contributed by atoms with Gasteiger partial charge in [-0.25, -0.2) is 9.59 Å². The second-order valence-electron chi connectivity index (χ2n) is 5.32. The maximum atomic E-state index is 12.0. The number of nitrogens with zero attached hydrogens (tertiary/aromatic N) is 2. The SMILES string of the molecule is O=C(O)C(=O)O.O=C1C(=O)N2CCCCCN1CCCCC2. The van der Waals surface area contributed by atoms with E-state index < -0.39 is 11.9 Å². The quantitative estimate of drug-likeness (QED) is 0.616. The monoisotopic (exact) mass is 314 g/mol. The molecule has 2 rings (SSSR count). The minimum Gasteiger partial charge on any atom is -0.473 e. The van der Waals surface area contributed by atoms with Crippen molar-refractivity contribution in [2.45, 2.75) is 38.5 Å². The maximum Gasteiger partial charge on any atom is 0.414 e. The molecule has 0 aromatic rings. The first kappa shape index (κ1) is 17.9. The fourth-order valence-electron chi connectivity index (χ4n) is 2.46. The van der Waals surface area contributed by atoms with E-state index in [0.29, 0.717) is 0 Å². The molecule has 0 atom stereocenters. The number of rotatable bonds is 0. The van der Waals surface area contributed by atoms with Crippen molar-refractivity contribution in [1.29, 1.82) is 0 Å². The molecule has 2 aliphatic rings. The van der Waals surface area contributed by atoms with Crippen LogP contribution in [0.3, 0.4) is 0 Å². The Morgan fingerprint density at radius 2 is 0.909 bits per heavy atom. The van der Waals surface area contributed by atoms with Gasteiger partial charge in [0.05, 0.1) is 0 Å². The van der Waals surface area contributed by atoms with E-state index in [-0.39, 0.29) is 11.8 Å². The minimum atomic E-state index is -1.82. The first-order chi connectivity index (χ1) is 10.4. The Hall–Kier alpha value is -2.12. The van der Waals surface area contributed by atoms with Gasteiger partial charge in [0.1, 0.15) is 0 Å². The number of hydrogen-bond acceptors (Lipinski definition) is 4. The Balaban J connectivity index is 0.000000346. The van der Waals surface area contributed by atoms with E-state index in [1.165, 1.54) is 0 Å². The van der Waals surface area contributed by atoms with E-state index in [4.69, 9.17) is 19.8 Å². The summed E-state index contributed by atoms with van der Waals surface area (Å²) in [6.07, 6.45) is 6.38. The van der Waals surface area contributed by atoms with Crippen molar-refractivity contribution in [3.63, 3.8) is 0 Å². The van der Waals surface area contributed by atoms with Crippen molar-refractivity contribution in [2.75, 3.05) is 26.2 Å². The molecular weight excluding hydrogens is 292 g/mol. The molecule has 0 unspecified atom stereocenters. The summed E-state index contributed by atoms with van der Waals surface area (Å²) in [5.74, 6) is -4.20. The maximum absolute atomic E-state index is 12.0. The molecule has 2 heterocycles. The highest BCUT2D eigenvalue weighted by Crippen LogP contribution is 2.13. The summed E-state index contributed by atoms with van der Waals surface area (Å²) >= 11 is 0. The molecule has 124 valence electrons. The van der Waals surface area contributed by atoms with E-state index in [1.807, 2.05) is 0 Å². The lowest BCUT2D eigenvalue weighted by atomic mass is 10.2. The molecule has 2 aliphatic heterocycles. The van der Waals surface area contributed by atoms with E-state index in [1.54, 1.807) is 9.80 Å². The van der Waals surface area contributed by atoms with Crippen molar-refractivity contribution in [3.8, 4) is 0 Å². The topological polar surface area (TPSA) is 115 Å². The van der Waals surface area contributed by atoms with E-state index in [9.17, 15) is 9.59 Å². The number of carbonyl (C=O) groups excluding carboxylic acids is 2. The molecule has 2 fully saturated rings. The van der Waals surface area contributed by atoms with Crippen LogP contribution in [0, 0.1) is 0 Å². The van der Waals surface area contributed by atoms with Gasteiger partial charge in [-0.15, -0.1) is 0 Å². The zero-order valence-corrected chi connectivity index (χ0v) is 12.5. The molecule has 0 radical (unpaired) electrons. The molecule has 0 aromatic heterocycles. The van der Waals surface area contributed by atoms with Gasteiger partial charge < -0.3 is 20.0 Å². The van der Waals surface area contributed by atoms with Gasteiger partial charge >= 0.3 is 23.8 Å². The summed E-state index contributed by atoms with van der Waals surface area (Å²) < 4.78 is 0. The molecule has 0 aromatic carbocycles. The minimum absolute atomic E-state index is 0.274. The molecule has 2 N–H and O–H groups in total. The summed E-state index contributed by atoms with van der Waals surface area (Å²) in [7, 11) is 0. The van der Waals surface area contributed by atoms with Crippen LogP contribution >= 0.6 is 0 Å². The largest absolute Gasteiger partial charge is 0.473 e. The molecule has 8 heteroatoms. The first-order valence-electron chi connectivity index (χ1n) is 7.48. The van der Waals surface area contributed by atoms with Gasteiger partial charge in [-0.3, -0.25) is 9.59 Å². The first-order valence-corrected chi connectivity index (χ1v) is 7.48. The highest BCUT2D eigenvalue weighted by Gasteiger charge is 2.28. The van der Waals surface area contributed by atoms with Crippen molar-refractivity contribution in [3.05, 3.63) is 0 Å². The molecule has 2 bridgehead atoms. The third kappa shape index (κ3) is 5.71. The number of carboxylic acid groups (broad SMARTS) is 2. The summed E-state index contributed by atoms with van der Waals surface area (Å²) in [4.78, 5) is 45.7.